The van der Waals surface area contributed by atoms with E-state index in [1.54, 1.807) is 0 Å². The SMILES string of the molecule is C=CC1CCC(COc2ccc(OCCCC)c(C)c2C)CC1. The van der Waals surface area contributed by atoms with Crippen LogP contribution in [0.4, 0.5) is 0 Å². The molecular formula is C21H32O2. The number of hydrogen-bond acceptors (Lipinski definition) is 2. The Labute approximate surface area is 141 Å². The largest absolute Gasteiger partial charge is 0.493 e. The van der Waals surface area contributed by atoms with Gasteiger partial charge in [0.25, 0.3) is 0 Å². The molecule has 0 heterocycles. The van der Waals surface area contributed by atoms with E-state index < -0.39 is 0 Å². The Morgan fingerprint density at radius 3 is 2.22 bits per heavy atom. The molecule has 1 aliphatic carbocycles. The van der Waals surface area contributed by atoms with Gasteiger partial charge in [0.1, 0.15) is 11.5 Å². The molecule has 1 saturated carbocycles. The highest BCUT2D eigenvalue weighted by Gasteiger charge is 2.20. The summed E-state index contributed by atoms with van der Waals surface area (Å²) in [6.07, 6.45) is 9.42. The fraction of sp³-hybridized carbons (Fsp3) is 0.619. The summed E-state index contributed by atoms with van der Waals surface area (Å²) in [6, 6.07) is 4.13. The van der Waals surface area contributed by atoms with E-state index in [0.29, 0.717) is 5.92 Å². The third kappa shape index (κ3) is 5.02. The Hall–Kier alpha value is -1.44. The molecule has 2 nitrogen and oxygen atoms in total. The lowest BCUT2D eigenvalue weighted by Gasteiger charge is -2.27. The summed E-state index contributed by atoms with van der Waals surface area (Å²) in [5.41, 5.74) is 2.41. The van der Waals surface area contributed by atoms with Crippen molar-refractivity contribution in [1.29, 1.82) is 0 Å². The van der Waals surface area contributed by atoms with Crippen LogP contribution >= 0.6 is 0 Å². The van der Waals surface area contributed by atoms with Gasteiger partial charge in [-0.3, -0.25) is 0 Å². The molecule has 0 bridgehead atoms. The van der Waals surface area contributed by atoms with Crippen LogP contribution in [0.2, 0.25) is 0 Å². The number of benzene rings is 1. The molecule has 0 atom stereocenters. The number of rotatable bonds is 8. The van der Waals surface area contributed by atoms with Crippen molar-refractivity contribution in [2.24, 2.45) is 11.8 Å². The highest BCUT2D eigenvalue weighted by molar-refractivity contribution is 5.47. The van der Waals surface area contributed by atoms with E-state index >= 15 is 0 Å². The maximum absolute atomic E-state index is 6.13. The summed E-state index contributed by atoms with van der Waals surface area (Å²) in [5.74, 6) is 3.41. The normalized spacial score (nSPS) is 21.0. The first-order valence-electron chi connectivity index (χ1n) is 9.14. The van der Waals surface area contributed by atoms with Gasteiger partial charge in [-0.1, -0.05) is 19.4 Å². The average molecular weight is 316 g/mol. The molecule has 1 fully saturated rings. The molecule has 1 aliphatic rings. The molecule has 0 aromatic heterocycles. The lowest BCUT2D eigenvalue weighted by atomic mass is 9.82. The maximum atomic E-state index is 6.13. The lowest BCUT2D eigenvalue weighted by Crippen LogP contribution is -2.19. The van der Waals surface area contributed by atoms with Crippen molar-refractivity contribution in [1.82, 2.24) is 0 Å². The first-order chi connectivity index (χ1) is 11.2. The van der Waals surface area contributed by atoms with Crippen LogP contribution in [0.5, 0.6) is 11.5 Å². The zero-order chi connectivity index (χ0) is 16.7. The van der Waals surface area contributed by atoms with Gasteiger partial charge >= 0.3 is 0 Å². The van der Waals surface area contributed by atoms with Gasteiger partial charge in [-0.2, -0.15) is 0 Å². The summed E-state index contributed by atoms with van der Waals surface area (Å²) < 4.78 is 12.0. The molecule has 23 heavy (non-hydrogen) atoms. The van der Waals surface area contributed by atoms with E-state index in [4.69, 9.17) is 9.47 Å². The van der Waals surface area contributed by atoms with Crippen LogP contribution in [0.1, 0.15) is 56.6 Å². The van der Waals surface area contributed by atoms with E-state index in [-0.39, 0.29) is 0 Å². The monoisotopic (exact) mass is 316 g/mol. The molecule has 0 radical (unpaired) electrons. The first kappa shape index (κ1) is 17.9. The molecule has 1 aromatic carbocycles. The summed E-state index contributed by atoms with van der Waals surface area (Å²) in [4.78, 5) is 0. The van der Waals surface area contributed by atoms with Gasteiger partial charge in [0, 0.05) is 0 Å². The molecule has 0 amide bonds. The molecule has 128 valence electrons. The molecular weight excluding hydrogens is 284 g/mol. The second-order valence-electron chi connectivity index (χ2n) is 6.84. The second kappa shape index (κ2) is 9.00. The Bertz CT molecular complexity index is 499. The molecule has 2 rings (SSSR count). The average Bonchev–Trinajstić information content (AvgIpc) is 2.58. The molecule has 1 aromatic rings. The third-order valence-electron chi connectivity index (χ3n) is 5.14. The number of ether oxygens (including phenoxy) is 2. The van der Waals surface area contributed by atoms with Gasteiger partial charge in [0.15, 0.2) is 0 Å². The molecule has 0 N–H and O–H groups in total. The molecule has 2 heteroatoms. The molecule has 0 saturated heterocycles. The van der Waals surface area contributed by atoms with Crippen LogP contribution in [-0.2, 0) is 0 Å². The van der Waals surface area contributed by atoms with Crippen molar-refractivity contribution in [2.75, 3.05) is 13.2 Å². The fourth-order valence-corrected chi connectivity index (χ4v) is 3.21. The van der Waals surface area contributed by atoms with Gasteiger partial charge in [-0.15, -0.1) is 6.58 Å². The topological polar surface area (TPSA) is 18.5 Å². The Balaban J connectivity index is 1.88. The van der Waals surface area contributed by atoms with E-state index in [0.717, 1.165) is 43.5 Å². The fourth-order valence-electron chi connectivity index (χ4n) is 3.21. The van der Waals surface area contributed by atoms with Crippen molar-refractivity contribution in [3.05, 3.63) is 35.9 Å². The highest BCUT2D eigenvalue weighted by atomic mass is 16.5. The van der Waals surface area contributed by atoms with Crippen molar-refractivity contribution in [3.63, 3.8) is 0 Å². The van der Waals surface area contributed by atoms with Crippen molar-refractivity contribution >= 4 is 0 Å². The van der Waals surface area contributed by atoms with E-state index in [2.05, 4.69) is 45.6 Å². The van der Waals surface area contributed by atoms with Crippen LogP contribution in [0.25, 0.3) is 0 Å². The minimum absolute atomic E-state index is 0.686. The summed E-state index contributed by atoms with van der Waals surface area (Å²) in [5, 5.41) is 0. The minimum Gasteiger partial charge on any atom is -0.493 e. The summed E-state index contributed by atoms with van der Waals surface area (Å²) in [6.45, 7) is 12.0. The predicted octanol–water partition coefficient (Wildman–Crippen LogP) is 5.85. The van der Waals surface area contributed by atoms with Crippen LogP contribution in [-0.4, -0.2) is 13.2 Å². The van der Waals surface area contributed by atoms with Gasteiger partial charge in [0.2, 0.25) is 0 Å². The minimum atomic E-state index is 0.686. The molecule has 0 aliphatic heterocycles. The summed E-state index contributed by atoms with van der Waals surface area (Å²) in [7, 11) is 0. The predicted molar refractivity (Wildman–Crippen MR) is 97.5 cm³/mol. The van der Waals surface area contributed by atoms with Crippen molar-refractivity contribution < 1.29 is 9.47 Å². The smallest absolute Gasteiger partial charge is 0.122 e. The Kier molecular flexibility index (Phi) is 7.01. The standard InChI is InChI=1S/C21H32O2/c1-5-7-14-22-20-12-13-21(17(4)16(20)3)23-15-19-10-8-18(6-2)9-11-19/h6,12-13,18-19H,2,5,7-11,14-15H2,1,3-4H3. The molecule has 0 spiro atoms. The van der Waals surface area contributed by atoms with Crippen LogP contribution in [0.3, 0.4) is 0 Å². The quantitative estimate of drug-likeness (QED) is 0.442. The first-order valence-corrected chi connectivity index (χ1v) is 9.14. The molecule has 0 unspecified atom stereocenters. The van der Waals surface area contributed by atoms with Crippen molar-refractivity contribution in [2.45, 2.75) is 59.3 Å². The zero-order valence-corrected chi connectivity index (χ0v) is 15.1. The van der Waals surface area contributed by atoms with Crippen LogP contribution in [0, 0.1) is 25.7 Å². The second-order valence-corrected chi connectivity index (χ2v) is 6.84. The third-order valence-corrected chi connectivity index (χ3v) is 5.14. The van der Waals surface area contributed by atoms with Crippen molar-refractivity contribution in [3.8, 4) is 11.5 Å². The highest BCUT2D eigenvalue weighted by Crippen LogP contribution is 2.32. The van der Waals surface area contributed by atoms with E-state index in [9.17, 15) is 0 Å². The van der Waals surface area contributed by atoms with Crippen LogP contribution < -0.4 is 9.47 Å². The van der Waals surface area contributed by atoms with Gasteiger partial charge < -0.3 is 9.47 Å². The number of unbranched alkanes of at least 4 members (excludes halogenated alkanes) is 1. The summed E-state index contributed by atoms with van der Waals surface area (Å²) >= 11 is 0. The number of hydrogen-bond donors (Lipinski definition) is 0. The zero-order valence-electron chi connectivity index (χ0n) is 15.1. The van der Waals surface area contributed by atoms with Gasteiger partial charge in [-0.05, 0) is 81.0 Å². The van der Waals surface area contributed by atoms with Gasteiger partial charge in [0.05, 0.1) is 13.2 Å². The van der Waals surface area contributed by atoms with Gasteiger partial charge in [-0.25, -0.2) is 0 Å². The lowest BCUT2D eigenvalue weighted by molar-refractivity contribution is 0.193. The van der Waals surface area contributed by atoms with E-state index in [1.807, 2.05) is 0 Å². The van der Waals surface area contributed by atoms with Crippen LogP contribution in [0.15, 0.2) is 24.8 Å². The van der Waals surface area contributed by atoms with E-state index in [1.165, 1.54) is 36.8 Å². The Morgan fingerprint density at radius 1 is 1.04 bits per heavy atom. The Morgan fingerprint density at radius 2 is 1.65 bits per heavy atom. The number of allylic oxidation sites excluding steroid dienone is 1. The maximum Gasteiger partial charge on any atom is 0.122 e.